The van der Waals surface area contributed by atoms with E-state index in [1.165, 1.54) is 25.0 Å². The summed E-state index contributed by atoms with van der Waals surface area (Å²) in [4.78, 5) is 0. The zero-order chi connectivity index (χ0) is 13.1. The standard InChI is InChI=1S/C12H21ClN4S/c1-8-9(12(13)17(2)16-8)7-10(15-14)11-5-3-4-6-18-11/h10-11,15H,3-7,14H2,1-2H3. The first-order valence-electron chi connectivity index (χ1n) is 6.39. The molecular weight excluding hydrogens is 268 g/mol. The summed E-state index contributed by atoms with van der Waals surface area (Å²) in [5.41, 5.74) is 5.09. The van der Waals surface area contributed by atoms with Crippen LogP contribution >= 0.6 is 23.4 Å². The van der Waals surface area contributed by atoms with E-state index in [1.54, 1.807) is 4.68 Å². The van der Waals surface area contributed by atoms with E-state index in [2.05, 4.69) is 10.5 Å². The summed E-state index contributed by atoms with van der Waals surface area (Å²) in [5.74, 6) is 6.96. The van der Waals surface area contributed by atoms with Crippen LogP contribution in [0.1, 0.15) is 30.5 Å². The number of hydrogen-bond donors (Lipinski definition) is 2. The van der Waals surface area contributed by atoms with E-state index in [4.69, 9.17) is 17.4 Å². The Balaban J connectivity index is 2.09. The smallest absolute Gasteiger partial charge is 0.130 e. The van der Waals surface area contributed by atoms with Gasteiger partial charge in [0.2, 0.25) is 0 Å². The predicted octanol–water partition coefficient (Wildman–Crippen LogP) is 2.04. The van der Waals surface area contributed by atoms with E-state index in [-0.39, 0.29) is 6.04 Å². The molecule has 0 aliphatic carbocycles. The lowest BCUT2D eigenvalue weighted by molar-refractivity contribution is 0.471. The maximum atomic E-state index is 6.28. The van der Waals surface area contributed by atoms with Gasteiger partial charge in [-0.25, -0.2) is 0 Å². The van der Waals surface area contributed by atoms with Gasteiger partial charge in [-0.1, -0.05) is 18.0 Å². The van der Waals surface area contributed by atoms with Crippen molar-refractivity contribution in [2.75, 3.05) is 5.75 Å². The lowest BCUT2D eigenvalue weighted by atomic mass is 10.0. The molecule has 1 saturated heterocycles. The predicted molar refractivity (Wildman–Crippen MR) is 77.9 cm³/mol. The second-order valence-corrected chi connectivity index (χ2v) is 6.57. The molecule has 2 heterocycles. The van der Waals surface area contributed by atoms with Crippen molar-refractivity contribution >= 4 is 23.4 Å². The molecule has 1 aliphatic rings. The molecule has 0 radical (unpaired) electrons. The highest BCUT2D eigenvalue weighted by Crippen LogP contribution is 2.30. The molecule has 6 heteroatoms. The largest absolute Gasteiger partial charge is 0.271 e. The van der Waals surface area contributed by atoms with Gasteiger partial charge in [-0.05, 0) is 31.9 Å². The zero-order valence-electron chi connectivity index (χ0n) is 10.9. The number of thioether (sulfide) groups is 1. The number of nitrogens with zero attached hydrogens (tertiary/aromatic N) is 2. The third kappa shape index (κ3) is 3.02. The number of halogens is 1. The number of aromatic nitrogens is 2. The molecular formula is C12H21ClN4S. The van der Waals surface area contributed by atoms with Gasteiger partial charge in [-0.2, -0.15) is 16.9 Å². The Morgan fingerprint density at radius 1 is 1.61 bits per heavy atom. The summed E-state index contributed by atoms with van der Waals surface area (Å²) >= 11 is 8.30. The average Bonchev–Trinajstić information content (AvgIpc) is 2.62. The third-order valence-corrected chi connectivity index (χ3v) is 5.56. The monoisotopic (exact) mass is 288 g/mol. The average molecular weight is 289 g/mol. The first kappa shape index (κ1) is 14.2. The molecule has 18 heavy (non-hydrogen) atoms. The minimum absolute atomic E-state index is 0.274. The Labute approximate surface area is 118 Å². The molecule has 1 aromatic rings. The van der Waals surface area contributed by atoms with E-state index in [1.807, 2.05) is 25.7 Å². The third-order valence-electron chi connectivity index (χ3n) is 3.57. The number of aryl methyl sites for hydroxylation is 2. The number of rotatable bonds is 4. The Morgan fingerprint density at radius 3 is 2.89 bits per heavy atom. The Bertz CT molecular complexity index is 401. The van der Waals surface area contributed by atoms with E-state index >= 15 is 0 Å². The lowest BCUT2D eigenvalue weighted by Gasteiger charge is -2.29. The summed E-state index contributed by atoms with van der Waals surface area (Å²) < 4.78 is 1.73. The first-order valence-corrected chi connectivity index (χ1v) is 7.82. The van der Waals surface area contributed by atoms with Crippen molar-refractivity contribution < 1.29 is 0 Å². The van der Waals surface area contributed by atoms with Crippen LogP contribution in [0.4, 0.5) is 0 Å². The minimum atomic E-state index is 0.274. The van der Waals surface area contributed by atoms with E-state index in [0.717, 1.165) is 22.8 Å². The van der Waals surface area contributed by atoms with Crippen molar-refractivity contribution in [2.45, 2.75) is 43.9 Å². The number of nitrogens with two attached hydrogens (primary N) is 1. The number of nitrogens with one attached hydrogen (secondary N) is 1. The Morgan fingerprint density at radius 2 is 2.39 bits per heavy atom. The van der Waals surface area contributed by atoms with Gasteiger partial charge in [0.1, 0.15) is 5.15 Å². The molecule has 0 spiro atoms. The zero-order valence-corrected chi connectivity index (χ0v) is 12.5. The van der Waals surface area contributed by atoms with Crippen LogP contribution in [0.25, 0.3) is 0 Å². The van der Waals surface area contributed by atoms with Crippen molar-refractivity contribution in [1.82, 2.24) is 15.2 Å². The van der Waals surface area contributed by atoms with Gasteiger partial charge in [-0.15, -0.1) is 0 Å². The molecule has 0 bridgehead atoms. The maximum absolute atomic E-state index is 6.28. The normalized spacial score (nSPS) is 22.1. The minimum Gasteiger partial charge on any atom is -0.271 e. The molecule has 0 saturated carbocycles. The Kier molecular flexibility index (Phi) is 4.95. The van der Waals surface area contributed by atoms with Crippen LogP contribution in [-0.4, -0.2) is 26.8 Å². The van der Waals surface area contributed by atoms with Crippen LogP contribution in [-0.2, 0) is 13.5 Å². The highest BCUT2D eigenvalue weighted by molar-refractivity contribution is 8.00. The fourth-order valence-electron chi connectivity index (χ4n) is 2.51. The second-order valence-electron chi connectivity index (χ2n) is 4.86. The van der Waals surface area contributed by atoms with Crippen molar-refractivity contribution in [1.29, 1.82) is 0 Å². The van der Waals surface area contributed by atoms with Gasteiger partial charge in [-0.3, -0.25) is 16.0 Å². The van der Waals surface area contributed by atoms with Gasteiger partial charge in [0.15, 0.2) is 0 Å². The van der Waals surface area contributed by atoms with Crippen molar-refractivity contribution in [3.8, 4) is 0 Å². The van der Waals surface area contributed by atoms with Crippen molar-refractivity contribution in [2.24, 2.45) is 12.9 Å². The fourth-order valence-corrected chi connectivity index (χ4v) is 4.17. The highest BCUT2D eigenvalue weighted by Gasteiger charge is 2.25. The molecule has 4 nitrogen and oxygen atoms in total. The molecule has 1 aromatic heterocycles. The van der Waals surface area contributed by atoms with Crippen LogP contribution < -0.4 is 11.3 Å². The first-order chi connectivity index (χ1) is 8.63. The van der Waals surface area contributed by atoms with Crippen molar-refractivity contribution in [3.63, 3.8) is 0 Å². The van der Waals surface area contributed by atoms with Crippen molar-refractivity contribution in [3.05, 3.63) is 16.4 Å². The lowest BCUT2D eigenvalue weighted by Crippen LogP contribution is -2.45. The van der Waals surface area contributed by atoms with Gasteiger partial charge in [0.05, 0.1) is 5.69 Å². The Hall–Kier alpha value is -0.230. The maximum Gasteiger partial charge on any atom is 0.130 e. The molecule has 1 fully saturated rings. The van der Waals surface area contributed by atoms with Crippen LogP contribution in [0, 0.1) is 6.92 Å². The topological polar surface area (TPSA) is 55.9 Å². The van der Waals surface area contributed by atoms with Gasteiger partial charge < -0.3 is 0 Å². The summed E-state index contributed by atoms with van der Waals surface area (Å²) in [6.07, 6.45) is 4.71. The van der Waals surface area contributed by atoms with Gasteiger partial charge in [0, 0.05) is 23.9 Å². The molecule has 2 rings (SSSR count). The van der Waals surface area contributed by atoms with Gasteiger partial charge in [0.25, 0.3) is 0 Å². The number of hydrazine groups is 1. The fraction of sp³-hybridized carbons (Fsp3) is 0.750. The molecule has 2 unspecified atom stereocenters. The molecule has 2 atom stereocenters. The van der Waals surface area contributed by atoms with E-state index in [9.17, 15) is 0 Å². The second kappa shape index (κ2) is 6.28. The molecule has 1 aliphatic heterocycles. The van der Waals surface area contributed by atoms with Crippen LogP contribution in [0.2, 0.25) is 5.15 Å². The summed E-state index contributed by atoms with van der Waals surface area (Å²) in [7, 11) is 1.87. The van der Waals surface area contributed by atoms with E-state index < -0.39 is 0 Å². The molecule has 0 amide bonds. The summed E-state index contributed by atoms with van der Waals surface area (Å²) in [6, 6.07) is 0.274. The van der Waals surface area contributed by atoms with Crippen LogP contribution in [0.5, 0.6) is 0 Å². The van der Waals surface area contributed by atoms with Crippen LogP contribution in [0.3, 0.4) is 0 Å². The quantitative estimate of drug-likeness (QED) is 0.658. The summed E-state index contributed by atoms with van der Waals surface area (Å²) in [6.45, 7) is 2.00. The number of hydrogen-bond acceptors (Lipinski definition) is 4. The molecule has 102 valence electrons. The highest BCUT2D eigenvalue weighted by atomic mass is 35.5. The van der Waals surface area contributed by atoms with E-state index in [0.29, 0.717) is 5.25 Å². The SMILES string of the molecule is Cc1nn(C)c(Cl)c1CC(NN)C1CCCCS1. The molecule has 3 N–H and O–H groups in total. The molecule has 0 aromatic carbocycles. The summed E-state index contributed by atoms with van der Waals surface area (Å²) in [5, 5.41) is 5.67. The van der Waals surface area contributed by atoms with Gasteiger partial charge >= 0.3 is 0 Å². The van der Waals surface area contributed by atoms with Crippen LogP contribution in [0.15, 0.2) is 0 Å².